The van der Waals surface area contributed by atoms with Gasteiger partial charge in [0.1, 0.15) is 0 Å². The molecule has 1 fully saturated rings. The van der Waals surface area contributed by atoms with Gasteiger partial charge in [0.2, 0.25) is 0 Å². The Morgan fingerprint density at radius 3 is 2.79 bits per heavy atom. The monoisotopic (exact) mass is 401 g/mol. The third-order valence-corrected chi connectivity index (χ3v) is 5.23. The van der Waals surface area contributed by atoms with Crippen LogP contribution in [0.15, 0.2) is 49.1 Å². The van der Waals surface area contributed by atoms with Gasteiger partial charge in [0.05, 0.1) is 29.3 Å². The van der Waals surface area contributed by atoms with E-state index in [1.807, 2.05) is 19.4 Å². The van der Waals surface area contributed by atoms with Crippen LogP contribution in [0.5, 0.6) is 0 Å². The Balaban J connectivity index is 1.52. The highest BCUT2D eigenvalue weighted by molar-refractivity contribution is 5.59. The van der Waals surface area contributed by atoms with Crippen LogP contribution >= 0.6 is 0 Å². The third-order valence-electron chi connectivity index (χ3n) is 5.23. The quantitative estimate of drug-likeness (QED) is 0.655. The van der Waals surface area contributed by atoms with E-state index in [0.717, 1.165) is 55.9 Å². The van der Waals surface area contributed by atoms with Gasteiger partial charge in [-0.05, 0) is 31.5 Å². The third kappa shape index (κ3) is 4.64. The fourth-order valence-corrected chi connectivity index (χ4v) is 3.82. The zero-order valence-electron chi connectivity index (χ0n) is 16.1. The molecular formula is C21H22F3N5. The summed E-state index contributed by atoms with van der Waals surface area (Å²) in [4.78, 5) is 11.3. The topological polar surface area (TPSA) is 46.8 Å². The molecule has 1 saturated heterocycles. The standard InChI is InChI=1S/C21H22F3N5/c1-28-12-15(9-26-28)13-29-7-3-5-17(14-29)20-11-25-10-19(27-20)16-4-2-6-18(8-16)21(22,23)24/h2,4,6,8-12,17H,3,5,7,13-14H2,1H3. The number of benzene rings is 1. The summed E-state index contributed by atoms with van der Waals surface area (Å²) in [5.74, 6) is 0.207. The van der Waals surface area contributed by atoms with Crippen LogP contribution in [-0.2, 0) is 19.8 Å². The molecule has 1 unspecified atom stereocenters. The van der Waals surface area contributed by atoms with Crippen molar-refractivity contribution in [3.63, 3.8) is 0 Å². The molecule has 8 heteroatoms. The Morgan fingerprint density at radius 1 is 1.17 bits per heavy atom. The fraction of sp³-hybridized carbons (Fsp3) is 0.381. The van der Waals surface area contributed by atoms with Crippen molar-refractivity contribution in [2.24, 2.45) is 7.05 Å². The number of rotatable bonds is 4. The zero-order valence-corrected chi connectivity index (χ0v) is 16.1. The Hall–Kier alpha value is -2.74. The molecule has 0 spiro atoms. The lowest BCUT2D eigenvalue weighted by Gasteiger charge is -2.32. The van der Waals surface area contributed by atoms with E-state index in [0.29, 0.717) is 11.3 Å². The minimum absolute atomic E-state index is 0.207. The molecule has 3 aromatic rings. The maximum atomic E-state index is 13.0. The van der Waals surface area contributed by atoms with Crippen molar-refractivity contribution in [3.8, 4) is 11.3 Å². The van der Waals surface area contributed by atoms with Crippen molar-refractivity contribution in [1.82, 2.24) is 24.6 Å². The minimum Gasteiger partial charge on any atom is -0.298 e. The van der Waals surface area contributed by atoms with Crippen LogP contribution in [0.3, 0.4) is 0 Å². The first kappa shape index (κ1) is 19.6. The number of alkyl halides is 3. The molecule has 29 heavy (non-hydrogen) atoms. The molecule has 0 amide bonds. The van der Waals surface area contributed by atoms with Gasteiger partial charge in [0, 0.05) is 49.6 Å². The number of aryl methyl sites for hydroxylation is 1. The Morgan fingerprint density at radius 2 is 2.03 bits per heavy atom. The van der Waals surface area contributed by atoms with Crippen molar-refractivity contribution in [2.75, 3.05) is 13.1 Å². The number of nitrogens with zero attached hydrogens (tertiary/aromatic N) is 5. The van der Waals surface area contributed by atoms with Gasteiger partial charge in [-0.3, -0.25) is 14.6 Å². The molecule has 0 bridgehead atoms. The first-order valence-electron chi connectivity index (χ1n) is 9.58. The summed E-state index contributed by atoms with van der Waals surface area (Å²) in [6, 6.07) is 5.24. The highest BCUT2D eigenvalue weighted by Gasteiger charge is 2.30. The van der Waals surface area contributed by atoms with Crippen LogP contribution < -0.4 is 0 Å². The maximum absolute atomic E-state index is 13.0. The van der Waals surface area contributed by atoms with Gasteiger partial charge in [-0.25, -0.2) is 4.98 Å². The molecule has 0 saturated carbocycles. The van der Waals surface area contributed by atoms with Crippen molar-refractivity contribution in [3.05, 3.63) is 65.9 Å². The molecule has 4 rings (SSSR count). The molecule has 5 nitrogen and oxygen atoms in total. The van der Waals surface area contributed by atoms with Crippen molar-refractivity contribution >= 4 is 0 Å². The van der Waals surface area contributed by atoms with Gasteiger partial charge in [-0.1, -0.05) is 12.1 Å². The van der Waals surface area contributed by atoms with Gasteiger partial charge in [-0.2, -0.15) is 18.3 Å². The average molecular weight is 401 g/mol. The lowest BCUT2D eigenvalue weighted by atomic mass is 9.94. The number of piperidine rings is 1. The molecule has 2 aromatic heterocycles. The fourth-order valence-electron chi connectivity index (χ4n) is 3.82. The van der Waals surface area contributed by atoms with E-state index in [-0.39, 0.29) is 5.92 Å². The first-order valence-corrected chi connectivity index (χ1v) is 9.58. The smallest absolute Gasteiger partial charge is 0.298 e. The van der Waals surface area contributed by atoms with E-state index in [4.69, 9.17) is 0 Å². The van der Waals surface area contributed by atoms with Crippen LogP contribution in [0.2, 0.25) is 0 Å². The number of likely N-dealkylation sites (tertiary alicyclic amines) is 1. The maximum Gasteiger partial charge on any atom is 0.416 e. The summed E-state index contributed by atoms with van der Waals surface area (Å²) in [5, 5.41) is 4.22. The number of aromatic nitrogens is 4. The molecule has 152 valence electrons. The van der Waals surface area contributed by atoms with Crippen LogP contribution in [0, 0.1) is 0 Å². The van der Waals surface area contributed by atoms with E-state index in [1.165, 1.54) is 12.3 Å². The first-order chi connectivity index (χ1) is 13.9. The second-order valence-electron chi connectivity index (χ2n) is 7.50. The van der Waals surface area contributed by atoms with Crippen LogP contribution in [-0.4, -0.2) is 37.7 Å². The second kappa shape index (κ2) is 7.94. The van der Waals surface area contributed by atoms with E-state index >= 15 is 0 Å². The van der Waals surface area contributed by atoms with Crippen LogP contribution in [0.1, 0.15) is 35.6 Å². The summed E-state index contributed by atoms with van der Waals surface area (Å²) in [6.07, 6.45) is 4.79. The Labute approximate surface area is 167 Å². The molecule has 1 aliphatic rings. The number of hydrogen-bond acceptors (Lipinski definition) is 4. The Bertz CT molecular complexity index is 982. The SMILES string of the molecule is Cn1cc(CN2CCCC(c3cncc(-c4cccc(C(F)(F)F)c4)n3)C2)cn1. The summed E-state index contributed by atoms with van der Waals surface area (Å²) < 4.78 is 40.9. The van der Waals surface area contributed by atoms with E-state index in [9.17, 15) is 13.2 Å². The van der Waals surface area contributed by atoms with Crippen LogP contribution in [0.4, 0.5) is 13.2 Å². The van der Waals surface area contributed by atoms with Gasteiger partial charge >= 0.3 is 6.18 Å². The summed E-state index contributed by atoms with van der Waals surface area (Å²) in [5.41, 5.74) is 2.21. The lowest BCUT2D eigenvalue weighted by Crippen LogP contribution is -2.34. The summed E-state index contributed by atoms with van der Waals surface area (Å²) in [7, 11) is 1.90. The summed E-state index contributed by atoms with van der Waals surface area (Å²) >= 11 is 0. The Kier molecular flexibility index (Phi) is 5.36. The molecular weight excluding hydrogens is 379 g/mol. The lowest BCUT2D eigenvalue weighted by molar-refractivity contribution is -0.137. The predicted molar refractivity (Wildman–Crippen MR) is 103 cm³/mol. The van der Waals surface area contributed by atoms with Crippen molar-refractivity contribution in [1.29, 1.82) is 0 Å². The average Bonchev–Trinajstić information content (AvgIpc) is 3.12. The van der Waals surface area contributed by atoms with Gasteiger partial charge in [0.25, 0.3) is 0 Å². The van der Waals surface area contributed by atoms with Crippen molar-refractivity contribution in [2.45, 2.75) is 31.5 Å². The second-order valence-corrected chi connectivity index (χ2v) is 7.50. The molecule has 1 aliphatic heterocycles. The molecule has 0 N–H and O–H groups in total. The molecule has 0 radical (unpaired) electrons. The van der Waals surface area contributed by atoms with Crippen molar-refractivity contribution < 1.29 is 13.2 Å². The molecule has 3 heterocycles. The van der Waals surface area contributed by atoms with Crippen LogP contribution in [0.25, 0.3) is 11.3 Å². The molecule has 0 aliphatic carbocycles. The number of hydrogen-bond donors (Lipinski definition) is 0. The van der Waals surface area contributed by atoms with Gasteiger partial charge in [0.15, 0.2) is 0 Å². The highest BCUT2D eigenvalue weighted by atomic mass is 19.4. The highest BCUT2D eigenvalue weighted by Crippen LogP contribution is 2.32. The normalized spacial score (nSPS) is 18.1. The van der Waals surface area contributed by atoms with E-state index in [2.05, 4.69) is 20.0 Å². The van der Waals surface area contributed by atoms with E-state index in [1.54, 1.807) is 16.9 Å². The van der Waals surface area contributed by atoms with Gasteiger partial charge in [-0.15, -0.1) is 0 Å². The largest absolute Gasteiger partial charge is 0.416 e. The summed E-state index contributed by atoms with van der Waals surface area (Å²) in [6.45, 7) is 2.67. The zero-order chi connectivity index (χ0) is 20.4. The molecule has 1 atom stereocenters. The minimum atomic E-state index is -4.38. The van der Waals surface area contributed by atoms with Gasteiger partial charge < -0.3 is 0 Å². The predicted octanol–water partition coefficient (Wildman–Crippen LogP) is 4.28. The molecule has 1 aromatic carbocycles. The van der Waals surface area contributed by atoms with E-state index < -0.39 is 11.7 Å². The number of halogens is 3.